The van der Waals surface area contributed by atoms with E-state index in [1.165, 1.54) is 0 Å². The average molecular weight is 270 g/mol. The van der Waals surface area contributed by atoms with E-state index in [0.29, 0.717) is 0 Å². The van der Waals surface area contributed by atoms with Crippen molar-refractivity contribution in [3.8, 4) is 11.4 Å². The molecule has 0 saturated carbocycles. The second kappa shape index (κ2) is 5.54. The van der Waals surface area contributed by atoms with Gasteiger partial charge in [0, 0.05) is 42.8 Å². The standard InChI is InChI=1S/C15H18N4O/c1-11-9-14(19-7-8-20-12(2)10-19)18-15(17-11)13-3-5-16-6-4-13/h3-6,9,12H,7-8,10H2,1-2H3. The van der Waals surface area contributed by atoms with Crippen LogP contribution >= 0.6 is 0 Å². The highest BCUT2D eigenvalue weighted by molar-refractivity contribution is 5.57. The molecule has 1 unspecified atom stereocenters. The summed E-state index contributed by atoms with van der Waals surface area (Å²) in [7, 11) is 0. The van der Waals surface area contributed by atoms with Gasteiger partial charge in [-0.1, -0.05) is 0 Å². The highest BCUT2D eigenvalue weighted by Gasteiger charge is 2.19. The molecule has 2 aromatic heterocycles. The summed E-state index contributed by atoms with van der Waals surface area (Å²) in [5.41, 5.74) is 1.97. The summed E-state index contributed by atoms with van der Waals surface area (Å²) >= 11 is 0. The first-order valence-corrected chi connectivity index (χ1v) is 6.85. The Labute approximate surface area is 118 Å². The molecule has 3 rings (SSSR count). The molecule has 0 N–H and O–H groups in total. The average Bonchev–Trinajstić information content (AvgIpc) is 2.47. The lowest BCUT2D eigenvalue weighted by Gasteiger charge is -2.32. The van der Waals surface area contributed by atoms with Gasteiger partial charge in [-0.3, -0.25) is 4.98 Å². The molecule has 0 aliphatic carbocycles. The highest BCUT2D eigenvalue weighted by atomic mass is 16.5. The van der Waals surface area contributed by atoms with Crippen molar-refractivity contribution in [1.29, 1.82) is 0 Å². The maximum absolute atomic E-state index is 5.58. The second-order valence-electron chi connectivity index (χ2n) is 5.05. The number of nitrogens with zero attached hydrogens (tertiary/aromatic N) is 4. The lowest BCUT2D eigenvalue weighted by molar-refractivity contribution is 0.0529. The van der Waals surface area contributed by atoms with Crippen molar-refractivity contribution in [3.05, 3.63) is 36.3 Å². The number of pyridine rings is 1. The van der Waals surface area contributed by atoms with Crippen molar-refractivity contribution in [2.75, 3.05) is 24.6 Å². The van der Waals surface area contributed by atoms with E-state index in [1.54, 1.807) is 12.4 Å². The Bertz CT molecular complexity index is 588. The summed E-state index contributed by atoms with van der Waals surface area (Å²) in [6, 6.07) is 5.89. The van der Waals surface area contributed by atoms with Gasteiger partial charge in [0.1, 0.15) is 5.82 Å². The van der Waals surface area contributed by atoms with E-state index < -0.39 is 0 Å². The van der Waals surface area contributed by atoms with E-state index in [2.05, 4.69) is 21.8 Å². The van der Waals surface area contributed by atoms with Crippen molar-refractivity contribution < 1.29 is 4.74 Å². The number of anilines is 1. The zero-order valence-corrected chi connectivity index (χ0v) is 11.8. The molecule has 1 saturated heterocycles. The number of rotatable bonds is 2. The number of hydrogen-bond donors (Lipinski definition) is 0. The number of morpholine rings is 1. The minimum atomic E-state index is 0.239. The summed E-state index contributed by atoms with van der Waals surface area (Å²) in [5, 5.41) is 0. The number of hydrogen-bond acceptors (Lipinski definition) is 5. The molecule has 0 amide bonds. The number of ether oxygens (including phenoxy) is 1. The second-order valence-corrected chi connectivity index (χ2v) is 5.05. The third kappa shape index (κ3) is 2.77. The van der Waals surface area contributed by atoms with E-state index in [-0.39, 0.29) is 6.10 Å². The van der Waals surface area contributed by atoms with Crippen LogP contribution in [0.4, 0.5) is 5.82 Å². The third-order valence-corrected chi connectivity index (χ3v) is 3.34. The zero-order chi connectivity index (χ0) is 13.9. The van der Waals surface area contributed by atoms with Gasteiger partial charge >= 0.3 is 0 Å². The predicted octanol–water partition coefficient (Wildman–Crippen LogP) is 2.07. The van der Waals surface area contributed by atoms with Gasteiger partial charge in [0.05, 0.1) is 12.7 Å². The number of aryl methyl sites for hydroxylation is 1. The minimum absolute atomic E-state index is 0.239. The van der Waals surface area contributed by atoms with Crippen LogP contribution in [0.2, 0.25) is 0 Å². The largest absolute Gasteiger partial charge is 0.375 e. The van der Waals surface area contributed by atoms with Crippen LogP contribution in [0.1, 0.15) is 12.6 Å². The molecule has 1 fully saturated rings. The van der Waals surface area contributed by atoms with Gasteiger partial charge in [-0.25, -0.2) is 9.97 Å². The van der Waals surface area contributed by atoms with Crippen molar-refractivity contribution in [2.24, 2.45) is 0 Å². The molecule has 1 atom stereocenters. The van der Waals surface area contributed by atoms with Gasteiger partial charge in [0.15, 0.2) is 5.82 Å². The van der Waals surface area contributed by atoms with Crippen LogP contribution in [0.5, 0.6) is 0 Å². The normalized spacial score (nSPS) is 19.1. The highest BCUT2D eigenvalue weighted by Crippen LogP contribution is 2.21. The van der Waals surface area contributed by atoms with E-state index in [1.807, 2.05) is 25.1 Å². The molecule has 2 aromatic rings. The van der Waals surface area contributed by atoms with Gasteiger partial charge < -0.3 is 9.64 Å². The van der Waals surface area contributed by atoms with Crippen LogP contribution in [0, 0.1) is 6.92 Å². The first-order valence-electron chi connectivity index (χ1n) is 6.85. The van der Waals surface area contributed by atoms with Gasteiger partial charge in [-0.2, -0.15) is 0 Å². The Morgan fingerprint density at radius 1 is 1.25 bits per heavy atom. The van der Waals surface area contributed by atoms with Crippen LogP contribution in [0.25, 0.3) is 11.4 Å². The quantitative estimate of drug-likeness (QED) is 0.836. The Morgan fingerprint density at radius 2 is 2.05 bits per heavy atom. The monoisotopic (exact) mass is 270 g/mol. The SMILES string of the molecule is Cc1cc(N2CCOC(C)C2)nc(-c2ccncc2)n1. The molecule has 0 aromatic carbocycles. The van der Waals surface area contributed by atoms with Crippen LogP contribution in [-0.4, -0.2) is 40.8 Å². The lowest BCUT2D eigenvalue weighted by Crippen LogP contribution is -2.41. The maximum atomic E-state index is 5.58. The zero-order valence-electron chi connectivity index (χ0n) is 11.8. The molecule has 5 heteroatoms. The Kier molecular flexibility index (Phi) is 3.60. The van der Waals surface area contributed by atoms with E-state index in [4.69, 9.17) is 9.72 Å². The minimum Gasteiger partial charge on any atom is -0.375 e. The first-order chi connectivity index (χ1) is 9.72. The molecule has 0 bridgehead atoms. The lowest BCUT2D eigenvalue weighted by atomic mass is 10.2. The summed E-state index contributed by atoms with van der Waals surface area (Å²) in [4.78, 5) is 15.5. The Hall–Kier alpha value is -2.01. The van der Waals surface area contributed by atoms with Gasteiger partial charge in [0.2, 0.25) is 0 Å². The first kappa shape index (κ1) is 13.0. The van der Waals surface area contributed by atoms with Gasteiger partial charge in [-0.15, -0.1) is 0 Å². The van der Waals surface area contributed by atoms with Crippen LogP contribution in [0.3, 0.4) is 0 Å². The fourth-order valence-corrected chi connectivity index (χ4v) is 2.37. The van der Waals surface area contributed by atoms with Crippen molar-refractivity contribution in [3.63, 3.8) is 0 Å². The fourth-order valence-electron chi connectivity index (χ4n) is 2.37. The van der Waals surface area contributed by atoms with Crippen molar-refractivity contribution >= 4 is 5.82 Å². The van der Waals surface area contributed by atoms with Crippen LogP contribution in [0.15, 0.2) is 30.6 Å². The molecule has 104 valence electrons. The summed E-state index contributed by atoms with van der Waals surface area (Å²) in [6.45, 7) is 6.57. The fraction of sp³-hybridized carbons (Fsp3) is 0.400. The molecule has 1 aliphatic rings. The molecule has 0 spiro atoms. The third-order valence-electron chi connectivity index (χ3n) is 3.34. The number of aromatic nitrogens is 3. The molecule has 20 heavy (non-hydrogen) atoms. The van der Waals surface area contributed by atoms with Crippen molar-refractivity contribution in [1.82, 2.24) is 15.0 Å². The molecule has 1 aliphatic heterocycles. The van der Waals surface area contributed by atoms with E-state index in [9.17, 15) is 0 Å². The molecular formula is C15H18N4O. The molecule has 0 radical (unpaired) electrons. The van der Waals surface area contributed by atoms with Gasteiger partial charge in [-0.05, 0) is 26.0 Å². The Morgan fingerprint density at radius 3 is 2.80 bits per heavy atom. The molecule has 5 nitrogen and oxygen atoms in total. The summed E-state index contributed by atoms with van der Waals surface area (Å²) in [6.07, 6.45) is 3.76. The smallest absolute Gasteiger partial charge is 0.161 e. The Balaban J connectivity index is 1.94. The maximum Gasteiger partial charge on any atom is 0.161 e. The molecule has 3 heterocycles. The van der Waals surface area contributed by atoms with Gasteiger partial charge in [0.25, 0.3) is 0 Å². The predicted molar refractivity (Wildman–Crippen MR) is 77.6 cm³/mol. The van der Waals surface area contributed by atoms with Crippen LogP contribution in [-0.2, 0) is 4.74 Å². The van der Waals surface area contributed by atoms with Crippen LogP contribution < -0.4 is 4.90 Å². The topological polar surface area (TPSA) is 51.1 Å². The summed E-state index contributed by atoms with van der Waals surface area (Å²) in [5.74, 6) is 1.72. The summed E-state index contributed by atoms with van der Waals surface area (Å²) < 4.78 is 5.58. The van der Waals surface area contributed by atoms with Crippen molar-refractivity contribution in [2.45, 2.75) is 20.0 Å². The molecular weight excluding hydrogens is 252 g/mol. The van der Waals surface area contributed by atoms with E-state index >= 15 is 0 Å². The van der Waals surface area contributed by atoms with E-state index in [0.717, 1.165) is 42.6 Å².